The van der Waals surface area contributed by atoms with E-state index in [2.05, 4.69) is 9.72 Å². The first-order chi connectivity index (χ1) is 6.74. The summed E-state index contributed by atoms with van der Waals surface area (Å²) < 4.78 is 28.1. The van der Waals surface area contributed by atoms with Gasteiger partial charge in [0.2, 0.25) is 0 Å². The van der Waals surface area contributed by atoms with Gasteiger partial charge in [-0.05, 0) is 6.07 Å². The normalized spacial score (nSPS) is 10.1. The van der Waals surface area contributed by atoms with Crippen LogP contribution < -0.4 is 0 Å². The van der Waals surface area contributed by atoms with Gasteiger partial charge < -0.3 is 4.74 Å². The molecule has 1 heterocycles. The van der Waals surface area contributed by atoms with Crippen molar-refractivity contribution in [2.45, 2.75) is 13.0 Å². The van der Waals surface area contributed by atoms with Gasteiger partial charge in [0.05, 0.1) is 6.61 Å². The number of rotatable bonds is 4. The Labute approximate surface area is 79.9 Å². The zero-order chi connectivity index (χ0) is 10.4. The highest BCUT2D eigenvalue weighted by molar-refractivity contribution is 5.29. The summed E-state index contributed by atoms with van der Waals surface area (Å²) in [7, 11) is 0. The van der Waals surface area contributed by atoms with E-state index in [0.29, 0.717) is 5.56 Å². The summed E-state index contributed by atoms with van der Waals surface area (Å²) in [6.45, 7) is -0.638. The summed E-state index contributed by atoms with van der Waals surface area (Å²) in [6, 6.07) is 5.10. The lowest BCUT2D eigenvalue weighted by molar-refractivity contribution is 0.00972. The third-order valence-electron chi connectivity index (χ3n) is 1.50. The maximum atomic E-state index is 11.7. The number of hydrogen-bond acceptors (Lipinski definition) is 3. The predicted molar refractivity (Wildman–Crippen MR) is 44.6 cm³/mol. The maximum absolute atomic E-state index is 11.7. The molecule has 0 aromatic carbocycles. The zero-order valence-electron chi connectivity index (χ0n) is 7.28. The molecule has 0 N–H and O–H groups in total. The molecule has 1 rings (SSSR count). The first-order valence-electron chi connectivity index (χ1n) is 3.94. The van der Waals surface area contributed by atoms with E-state index in [4.69, 9.17) is 5.26 Å². The van der Waals surface area contributed by atoms with Crippen LogP contribution >= 0.6 is 0 Å². The number of aromatic nitrogens is 1. The van der Waals surface area contributed by atoms with E-state index in [0.717, 1.165) is 0 Å². The van der Waals surface area contributed by atoms with Gasteiger partial charge in [-0.25, -0.2) is 13.8 Å². The van der Waals surface area contributed by atoms with Crippen molar-refractivity contribution in [1.29, 1.82) is 5.26 Å². The smallest absolute Gasteiger partial charge is 0.261 e. The molecule has 0 amide bonds. The molecule has 14 heavy (non-hydrogen) atoms. The Balaban J connectivity index is 2.54. The van der Waals surface area contributed by atoms with E-state index >= 15 is 0 Å². The second-order valence-corrected chi connectivity index (χ2v) is 2.53. The van der Waals surface area contributed by atoms with Crippen LogP contribution in [0.3, 0.4) is 0 Å². The Bertz CT molecular complexity index is 336. The number of halogens is 2. The molecule has 3 nitrogen and oxygen atoms in total. The molecule has 5 heteroatoms. The summed E-state index contributed by atoms with van der Waals surface area (Å²) in [4.78, 5) is 3.77. The van der Waals surface area contributed by atoms with Gasteiger partial charge in [0.15, 0.2) is 0 Å². The summed E-state index contributed by atoms with van der Waals surface area (Å²) in [5.41, 5.74) is 0.734. The summed E-state index contributed by atoms with van der Waals surface area (Å²) >= 11 is 0. The van der Waals surface area contributed by atoms with Crippen LogP contribution in [0.15, 0.2) is 18.3 Å². The van der Waals surface area contributed by atoms with E-state index in [9.17, 15) is 8.78 Å². The van der Waals surface area contributed by atoms with E-state index in [1.54, 1.807) is 12.1 Å². The standard InChI is InChI=1S/C9H8F2N2O/c10-9(11)6-14-5-7-2-1-3-13-8(7)4-12/h1-3,9H,5-6H2. The van der Waals surface area contributed by atoms with Gasteiger partial charge in [0.25, 0.3) is 6.43 Å². The number of nitriles is 1. The fourth-order valence-corrected chi connectivity index (χ4v) is 0.914. The Morgan fingerprint density at radius 3 is 3.00 bits per heavy atom. The van der Waals surface area contributed by atoms with Crippen molar-refractivity contribution in [3.8, 4) is 6.07 Å². The van der Waals surface area contributed by atoms with Crippen molar-refractivity contribution in [1.82, 2.24) is 4.98 Å². The third-order valence-corrected chi connectivity index (χ3v) is 1.50. The largest absolute Gasteiger partial charge is 0.371 e. The molecular formula is C9H8F2N2O. The lowest BCUT2D eigenvalue weighted by Crippen LogP contribution is -2.05. The quantitative estimate of drug-likeness (QED) is 0.740. The minimum atomic E-state index is -2.49. The fraction of sp³-hybridized carbons (Fsp3) is 0.333. The van der Waals surface area contributed by atoms with Crippen LogP contribution in [-0.2, 0) is 11.3 Å². The number of alkyl halides is 2. The van der Waals surface area contributed by atoms with Crippen molar-refractivity contribution < 1.29 is 13.5 Å². The lowest BCUT2D eigenvalue weighted by Gasteiger charge is -2.03. The number of pyridine rings is 1. The lowest BCUT2D eigenvalue weighted by atomic mass is 10.2. The van der Waals surface area contributed by atoms with E-state index < -0.39 is 13.0 Å². The van der Waals surface area contributed by atoms with Gasteiger partial charge in [-0.2, -0.15) is 5.26 Å². The predicted octanol–water partition coefficient (Wildman–Crippen LogP) is 1.73. The average molecular weight is 198 g/mol. The van der Waals surface area contributed by atoms with Gasteiger partial charge in [-0.3, -0.25) is 0 Å². The Morgan fingerprint density at radius 2 is 2.36 bits per heavy atom. The topological polar surface area (TPSA) is 45.9 Å². The maximum Gasteiger partial charge on any atom is 0.261 e. The van der Waals surface area contributed by atoms with Crippen LogP contribution in [0.25, 0.3) is 0 Å². The van der Waals surface area contributed by atoms with Crippen molar-refractivity contribution >= 4 is 0 Å². The number of nitrogens with zero attached hydrogens (tertiary/aromatic N) is 2. The molecule has 1 aromatic rings. The van der Waals surface area contributed by atoms with Crippen molar-refractivity contribution in [3.05, 3.63) is 29.6 Å². The van der Waals surface area contributed by atoms with Crippen LogP contribution in [0, 0.1) is 11.3 Å². The van der Waals surface area contributed by atoms with Crippen molar-refractivity contribution in [2.24, 2.45) is 0 Å². The Morgan fingerprint density at radius 1 is 1.57 bits per heavy atom. The molecule has 0 aliphatic carbocycles. The van der Waals surface area contributed by atoms with Crippen LogP contribution in [0.4, 0.5) is 8.78 Å². The van der Waals surface area contributed by atoms with E-state index in [-0.39, 0.29) is 12.3 Å². The monoisotopic (exact) mass is 198 g/mol. The average Bonchev–Trinajstić information content (AvgIpc) is 2.18. The SMILES string of the molecule is N#Cc1ncccc1COCC(F)F. The molecule has 0 aliphatic heterocycles. The van der Waals surface area contributed by atoms with Crippen LogP contribution in [0.1, 0.15) is 11.3 Å². The van der Waals surface area contributed by atoms with Crippen molar-refractivity contribution in [3.63, 3.8) is 0 Å². The molecule has 0 fully saturated rings. The Kier molecular flexibility index (Phi) is 3.95. The van der Waals surface area contributed by atoms with Gasteiger partial charge in [-0.1, -0.05) is 6.07 Å². The molecule has 0 bridgehead atoms. The number of hydrogen-bond donors (Lipinski definition) is 0. The van der Waals surface area contributed by atoms with Crippen LogP contribution in [0.2, 0.25) is 0 Å². The molecule has 1 aromatic heterocycles. The summed E-state index contributed by atoms with van der Waals surface area (Å²) in [5, 5.41) is 8.61. The summed E-state index contributed by atoms with van der Waals surface area (Å²) in [5.74, 6) is 0. The highest BCUT2D eigenvalue weighted by Gasteiger charge is 2.05. The highest BCUT2D eigenvalue weighted by Crippen LogP contribution is 2.06. The van der Waals surface area contributed by atoms with Gasteiger partial charge in [0, 0.05) is 11.8 Å². The van der Waals surface area contributed by atoms with Crippen LogP contribution in [0.5, 0.6) is 0 Å². The Hall–Kier alpha value is -1.54. The zero-order valence-corrected chi connectivity index (χ0v) is 7.28. The van der Waals surface area contributed by atoms with Gasteiger partial charge >= 0.3 is 0 Å². The molecule has 0 saturated carbocycles. The molecule has 0 atom stereocenters. The fourth-order valence-electron chi connectivity index (χ4n) is 0.914. The molecule has 0 saturated heterocycles. The minimum Gasteiger partial charge on any atom is -0.371 e. The molecule has 0 unspecified atom stereocenters. The molecule has 0 radical (unpaired) electrons. The second kappa shape index (κ2) is 5.25. The second-order valence-electron chi connectivity index (χ2n) is 2.53. The molecule has 74 valence electrons. The minimum absolute atomic E-state index is 0.0128. The highest BCUT2D eigenvalue weighted by atomic mass is 19.3. The third kappa shape index (κ3) is 3.07. The number of ether oxygens (including phenoxy) is 1. The molecule has 0 aliphatic rings. The van der Waals surface area contributed by atoms with E-state index in [1.165, 1.54) is 6.20 Å². The van der Waals surface area contributed by atoms with Gasteiger partial charge in [-0.15, -0.1) is 0 Å². The first-order valence-corrected chi connectivity index (χ1v) is 3.94. The van der Waals surface area contributed by atoms with Crippen LogP contribution in [-0.4, -0.2) is 18.0 Å². The van der Waals surface area contributed by atoms with Gasteiger partial charge in [0.1, 0.15) is 18.4 Å². The first kappa shape index (κ1) is 10.5. The molecular weight excluding hydrogens is 190 g/mol. The summed E-state index contributed by atoms with van der Waals surface area (Å²) in [6.07, 6.45) is -1.02. The van der Waals surface area contributed by atoms with E-state index in [1.807, 2.05) is 6.07 Å². The van der Waals surface area contributed by atoms with Crippen molar-refractivity contribution in [2.75, 3.05) is 6.61 Å². The molecule has 0 spiro atoms.